The summed E-state index contributed by atoms with van der Waals surface area (Å²) in [5, 5.41) is 3.10. The second-order valence-electron chi connectivity index (χ2n) is 5.34. The lowest BCUT2D eigenvalue weighted by Gasteiger charge is -2.29. The summed E-state index contributed by atoms with van der Waals surface area (Å²) in [6.45, 7) is 1.77. The van der Waals surface area contributed by atoms with Crippen LogP contribution in [0.2, 0.25) is 5.02 Å². The maximum atomic E-state index is 12.8. The topological polar surface area (TPSA) is 62.6 Å². The second-order valence-corrected chi connectivity index (χ2v) is 6.16. The van der Waals surface area contributed by atoms with Gasteiger partial charge in [0.25, 0.3) is 11.8 Å². The minimum atomic E-state index is -0.535. The van der Waals surface area contributed by atoms with Crippen LogP contribution < -0.4 is 10.2 Å². The average molecular weight is 373 g/mol. The largest absolute Gasteiger partial charge is 0.465 e. The molecule has 126 valence electrons. The van der Waals surface area contributed by atoms with Gasteiger partial charge in [-0.15, -0.1) is 0 Å². The fraction of sp³-hybridized carbons (Fsp3) is 0.0556. The van der Waals surface area contributed by atoms with Gasteiger partial charge in [-0.05, 0) is 73.3 Å². The number of hydrogen-bond acceptors (Lipinski definition) is 4. The standard InChI is InChI=1S/C18H13ClN2O3S/c1-11(9-14-3-2-8-24-14)10-15-16(22)20-18(25)21(17(15)23)13-6-4-12(19)5-7-13/h2-10H,1H3,(H,20,22,25). The number of thiocarbonyl (C=S) groups is 1. The minimum Gasteiger partial charge on any atom is -0.465 e. The SMILES string of the molecule is CC(=Cc1ccco1)C=C1C(=O)NC(=S)N(c2ccc(Cl)cc2)C1=O. The van der Waals surface area contributed by atoms with Crippen LogP contribution in [0.25, 0.3) is 6.08 Å². The van der Waals surface area contributed by atoms with Crippen LogP contribution >= 0.6 is 23.8 Å². The fourth-order valence-electron chi connectivity index (χ4n) is 2.35. The molecule has 0 spiro atoms. The van der Waals surface area contributed by atoms with E-state index in [-0.39, 0.29) is 10.7 Å². The predicted octanol–water partition coefficient (Wildman–Crippen LogP) is 3.71. The third-order valence-corrected chi connectivity index (χ3v) is 4.01. The van der Waals surface area contributed by atoms with Crippen LogP contribution in [0.3, 0.4) is 0 Å². The molecule has 25 heavy (non-hydrogen) atoms. The number of halogens is 1. The Morgan fingerprint density at radius 2 is 1.96 bits per heavy atom. The van der Waals surface area contributed by atoms with Crippen molar-refractivity contribution in [3.05, 3.63) is 70.7 Å². The van der Waals surface area contributed by atoms with Crippen molar-refractivity contribution in [3.8, 4) is 0 Å². The first-order valence-corrected chi connectivity index (χ1v) is 8.13. The first-order chi connectivity index (χ1) is 12.0. The lowest BCUT2D eigenvalue weighted by atomic mass is 10.1. The van der Waals surface area contributed by atoms with E-state index in [9.17, 15) is 9.59 Å². The number of anilines is 1. The molecule has 0 radical (unpaired) electrons. The van der Waals surface area contributed by atoms with Crippen molar-refractivity contribution in [1.82, 2.24) is 5.32 Å². The van der Waals surface area contributed by atoms with Gasteiger partial charge in [0, 0.05) is 5.02 Å². The van der Waals surface area contributed by atoms with Gasteiger partial charge in [-0.3, -0.25) is 19.8 Å². The van der Waals surface area contributed by atoms with Gasteiger partial charge in [0.2, 0.25) is 0 Å². The molecule has 0 unspecified atom stereocenters. The Morgan fingerprint density at radius 3 is 2.60 bits per heavy atom. The molecular formula is C18H13ClN2O3S. The van der Waals surface area contributed by atoms with Gasteiger partial charge in [0.15, 0.2) is 5.11 Å². The van der Waals surface area contributed by atoms with Crippen LogP contribution in [-0.2, 0) is 9.59 Å². The van der Waals surface area contributed by atoms with Crippen molar-refractivity contribution in [2.45, 2.75) is 6.92 Å². The molecule has 1 N–H and O–H groups in total. The molecule has 5 nitrogen and oxygen atoms in total. The quantitative estimate of drug-likeness (QED) is 0.507. The van der Waals surface area contributed by atoms with Crippen LogP contribution in [0.4, 0.5) is 5.69 Å². The number of furan rings is 1. The second kappa shape index (κ2) is 7.04. The van der Waals surface area contributed by atoms with E-state index in [1.807, 2.05) is 0 Å². The van der Waals surface area contributed by atoms with Crippen LogP contribution in [0.1, 0.15) is 12.7 Å². The van der Waals surface area contributed by atoms with Gasteiger partial charge in [-0.2, -0.15) is 0 Å². The van der Waals surface area contributed by atoms with Crippen molar-refractivity contribution in [1.29, 1.82) is 0 Å². The maximum absolute atomic E-state index is 12.8. The summed E-state index contributed by atoms with van der Waals surface area (Å²) in [7, 11) is 0. The van der Waals surface area contributed by atoms with E-state index in [1.54, 1.807) is 55.7 Å². The highest BCUT2D eigenvalue weighted by Crippen LogP contribution is 2.23. The molecule has 1 saturated heterocycles. The summed E-state index contributed by atoms with van der Waals surface area (Å²) < 4.78 is 5.23. The summed E-state index contributed by atoms with van der Waals surface area (Å²) in [6, 6.07) is 10.1. The van der Waals surface area contributed by atoms with E-state index in [4.69, 9.17) is 28.2 Å². The van der Waals surface area contributed by atoms with E-state index >= 15 is 0 Å². The number of carbonyl (C=O) groups excluding carboxylic acids is 2. The van der Waals surface area contributed by atoms with E-state index in [0.29, 0.717) is 22.0 Å². The Labute approximate surface area is 154 Å². The smallest absolute Gasteiger partial charge is 0.270 e. The van der Waals surface area contributed by atoms with E-state index < -0.39 is 11.8 Å². The molecule has 0 atom stereocenters. The highest BCUT2D eigenvalue weighted by molar-refractivity contribution is 7.80. The van der Waals surface area contributed by atoms with E-state index in [0.717, 1.165) is 0 Å². The number of nitrogens with one attached hydrogen (secondary N) is 1. The van der Waals surface area contributed by atoms with Crippen molar-refractivity contribution < 1.29 is 14.0 Å². The van der Waals surface area contributed by atoms with Crippen molar-refractivity contribution in [3.63, 3.8) is 0 Å². The molecular weight excluding hydrogens is 360 g/mol. The molecule has 1 aliphatic rings. The molecule has 1 fully saturated rings. The highest BCUT2D eigenvalue weighted by Gasteiger charge is 2.34. The zero-order valence-electron chi connectivity index (χ0n) is 13.2. The number of rotatable bonds is 3. The normalized spacial score (nSPS) is 17.2. The third-order valence-electron chi connectivity index (χ3n) is 3.47. The average Bonchev–Trinajstić information content (AvgIpc) is 3.06. The van der Waals surface area contributed by atoms with Gasteiger partial charge in [0.05, 0.1) is 12.0 Å². The zero-order chi connectivity index (χ0) is 18.0. The Morgan fingerprint density at radius 1 is 1.24 bits per heavy atom. The van der Waals surface area contributed by atoms with Gasteiger partial charge >= 0.3 is 0 Å². The van der Waals surface area contributed by atoms with Gasteiger partial charge in [0.1, 0.15) is 11.3 Å². The summed E-state index contributed by atoms with van der Waals surface area (Å²) in [5.74, 6) is -0.404. The lowest BCUT2D eigenvalue weighted by Crippen LogP contribution is -2.54. The predicted molar refractivity (Wildman–Crippen MR) is 100 cm³/mol. The molecule has 1 aromatic carbocycles. The van der Waals surface area contributed by atoms with Crippen LogP contribution in [-0.4, -0.2) is 16.9 Å². The molecule has 2 heterocycles. The minimum absolute atomic E-state index is 0.0103. The van der Waals surface area contributed by atoms with Gasteiger partial charge in [-0.1, -0.05) is 11.6 Å². The maximum Gasteiger partial charge on any atom is 0.270 e. The summed E-state index contributed by atoms with van der Waals surface area (Å²) >= 11 is 11.0. The number of hydrogen-bond donors (Lipinski definition) is 1. The monoisotopic (exact) mass is 372 g/mol. The Kier molecular flexibility index (Phi) is 4.83. The van der Waals surface area contributed by atoms with E-state index in [1.165, 1.54) is 11.0 Å². The van der Waals surface area contributed by atoms with Crippen molar-refractivity contribution in [2.24, 2.45) is 0 Å². The van der Waals surface area contributed by atoms with Crippen LogP contribution in [0.15, 0.2) is 64.3 Å². The number of benzene rings is 1. The fourth-order valence-corrected chi connectivity index (χ4v) is 2.76. The molecule has 0 aliphatic carbocycles. The first-order valence-electron chi connectivity index (χ1n) is 7.34. The molecule has 1 aliphatic heterocycles. The number of nitrogens with zero attached hydrogens (tertiary/aromatic N) is 1. The molecule has 0 saturated carbocycles. The lowest BCUT2D eigenvalue weighted by molar-refractivity contribution is -0.122. The Balaban J connectivity index is 1.95. The van der Waals surface area contributed by atoms with Crippen LogP contribution in [0, 0.1) is 0 Å². The highest BCUT2D eigenvalue weighted by atomic mass is 35.5. The zero-order valence-corrected chi connectivity index (χ0v) is 14.7. The molecule has 2 amide bonds. The molecule has 1 aromatic heterocycles. The molecule has 3 rings (SSSR count). The van der Waals surface area contributed by atoms with Crippen molar-refractivity contribution in [2.75, 3.05) is 4.90 Å². The summed E-state index contributed by atoms with van der Waals surface area (Å²) in [4.78, 5) is 26.3. The van der Waals surface area contributed by atoms with Crippen LogP contribution in [0.5, 0.6) is 0 Å². The Hall–Kier alpha value is -2.70. The number of amides is 2. The molecule has 2 aromatic rings. The summed E-state index contributed by atoms with van der Waals surface area (Å²) in [5.41, 5.74) is 1.21. The number of carbonyl (C=O) groups is 2. The summed E-state index contributed by atoms with van der Waals surface area (Å²) in [6.07, 6.45) is 4.78. The number of allylic oxidation sites excluding steroid dienone is 2. The van der Waals surface area contributed by atoms with Gasteiger partial charge in [-0.25, -0.2) is 0 Å². The molecule has 0 bridgehead atoms. The van der Waals surface area contributed by atoms with Crippen molar-refractivity contribution >= 4 is 52.5 Å². The van der Waals surface area contributed by atoms with E-state index in [2.05, 4.69) is 5.32 Å². The molecule has 7 heteroatoms. The van der Waals surface area contributed by atoms with Gasteiger partial charge < -0.3 is 4.42 Å². The first kappa shape index (κ1) is 17.1. The Bertz CT molecular complexity index is 899. The third kappa shape index (κ3) is 3.70.